The topological polar surface area (TPSA) is 76.7 Å². The van der Waals surface area contributed by atoms with Crippen molar-refractivity contribution < 1.29 is 32.2 Å². The van der Waals surface area contributed by atoms with Crippen molar-refractivity contribution in [1.82, 2.24) is 5.32 Å². The van der Waals surface area contributed by atoms with E-state index in [2.05, 4.69) is 22.3 Å². The summed E-state index contributed by atoms with van der Waals surface area (Å²) >= 11 is 0. The van der Waals surface area contributed by atoms with Gasteiger partial charge >= 0.3 is 6.36 Å². The van der Waals surface area contributed by atoms with Gasteiger partial charge in [-0.2, -0.15) is 0 Å². The molecule has 29 heavy (non-hydrogen) atoms. The molecule has 2 rings (SSSR count). The molecule has 0 saturated carbocycles. The van der Waals surface area contributed by atoms with E-state index in [4.69, 9.17) is 4.74 Å². The van der Waals surface area contributed by atoms with Crippen molar-refractivity contribution >= 4 is 17.5 Å². The number of unbranched alkanes of at least 4 members (excludes halogenated alkanes) is 1. The second-order valence-corrected chi connectivity index (χ2v) is 6.03. The van der Waals surface area contributed by atoms with Gasteiger partial charge in [0.1, 0.15) is 11.5 Å². The SMILES string of the molecule is CCCCOc1ccc(C(=O)NCC(=O)Nc2ccc(OC(F)(F)F)cc2)cc1. The zero-order valence-corrected chi connectivity index (χ0v) is 15.7. The lowest BCUT2D eigenvalue weighted by Gasteiger charge is -2.10. The summed E-state index contributed by atoms with van der Waals surface area (Å²) in [5.41, 5.74) is 0.640. The number of carbonyl (C=O) groups excluding carboxylic acids is 2. The highest BCUT2D eigenvalue weighted by Gasteiger charge is 2.30. The van der Waals surface area contributed by atoms with Crippen LogP contribution < -0.4 is 20.1 Å². The summed E-state index contributed by atoms with van der Waals surface area (Å²) < 4.78 is 45.6. The van der Waals surface area contributed by atoms with Crippen LogP contribution in [0.1, 0.15) is 30.1 Å². The Bertz CT molecular complexity index is 806. The van der Waals surface area contributed by atoms with Gasteiger partial charge in [-0.3, -0.25) is 9.59 Å². The molecule has 0 aromatic heterocycles. The number of alkyl halides is 3. The first-order valence-corrected chi connectivity index (χ1v) is 8.93. The first-order valence-electron chi connectivity index (χ1n) is 8.93. The Kier molecular flexibility index (Phi) is 7.88. The third kappa shape index (κ3) is 8.12. The Morgan fingerprint density at radius 2 is 1.59 bits per heavy atom. The normalized spacial score (nSPS) is 10.9. The summed E-state index contributed by atoms with van der Waals surface area (Å²) in [6, 6.07) is 11.2. The molecule has 6 nitrogen and oxygen atoms in total. The highest BCUT2D eigenvalue weighted by atomic mass is 19.4. The highest BCUT2D eigenvalue weighted by molar-refractivity contribution is 5.99. The highest BCUT2D eigenvalue weighted by Crippen LogP contribution is 2.23. The van der Waals surface area contributed by atoms with Crippen LogP contribution in [0.25, 0.3) is 0 Å². The van der Waals surface area contributed by atoms with Gasteiger partial charge in [0.2, 0.25) is 5.91 Å². The standard InChI is InChI=1S/C20H21F3N2O4/c1-2-3-12-28-16-8-4-14(5-9-16)19(27)24-13-18(26)25-15-6-10-17(11-7-15)29-20(21,22)23/h4-11H,2-3,12-13H2,1H3,(H,24,27)(H,25,26). The van der Waals surface area contributed by atoms with Gasteiger partial charge in [-0.15, -0.1) is 13.2 Å². The predicted octanol–water partition coefficient (Wildman–Crippen LogP) is 4.13. The number of hydrogen-bond acceptors (Lipinski definition) is 4. The summed E-state index contributed by atoms with van der Waals surface area (Å²) in [4.78, 5) is 24.0. The molecule has 0 aliphatic heterocycles. The molecule has 2 aromatic rings. The number of anilines is 1. The summed E-state index contributed by atoms with van der Waals surface area (Å²) in [6.45, 7) is 2.37. The maximum Gasteiger partial charge on any atom is 0.573 e. The zero-order chi connectivity index (χ0) is 21.3. The van der Waals surface area contributed by atoms with E-state index in [9.17, 15) is 22.8 Å². The summed E-state index contributed by atoms with van der Waals surface area (Å²) in [5.74, 6) is -0.701. The molecule has 0 heterocycles. The molecular formula is C20H21F3N2O4. The third-order valence-corrected chi connectivity index (χ3v) is 3.66. The van der Waals surface area contributed by atoms with Gasteiger partial charge in [-0.25, -0.2) is 0 Å². The molecule has 2 aromatic carbocycles. The summed E-state index contributed by atoms with van der Waals surface area (Å²) in [7, 11) is 0. The number of ether oxygens (including phenoxy) is 2. The monoisotopic (exact) mass is 410 g/mol. The van der Waals surface area contributed by atoms with Crippen molar-refractivity contribution in [2.45, 2.75) is 26.1 Å². The van der Waals surface area contributed by atoms with E-state index < -0.39 is 23.9 Å². The number of amides is 2. The van der Waals surface area contributed by atoms with Crippen LogP contribution in [0.3, 0.4) is 0 Å². The fraction of sp³-hybridized carbons (Fsp3) is 0.300. The lowest BCUT2D eigenvalue weighted by molar-refractivity contribution is -0.274. The van der Waals surface area contributed by atoms with Gasteiger partial charge in [0.15, 0.2) is 0 Å². The van der Waals surface area contributed by atoms with Crippen molar-refractivity contribution in [2.24, 2.45) is 0 Å². The van der Waals surface area contributed by atoms with Gasteiger partial charge in [0, 0.05) is 11.3 Å². The van der Waals surface area contributed by atoms with Gasteiger partial charge in [-0.1, -0.05) is 13.3 Å². The minimum absolute atomic E-state index is 0.271. The van der Waals surface area contributed by atoms with Crippen molar-refractivity contribution in [2.75, 3.05) is 18.5 Å². The van der Waals surface area contributed by atoms with E-state index >= 15 is 0 Å². The van der Waals surface area contributed by atoms with Crippen molar-refractivity contribution in [3.05, 3.63) is 54.1 Å². The number of nitrogens with one attached hydrogen (secondary N) is 2. The van der Waals surface area contributed by atoms with Crippen molar-refractivity contribution in [3.8, 4) is 11.5 Å². The van der Waals surface area contributed by atoms with Gasteiger partial charge in [0.05, 0.1) is 13.2 Å². The number of carbonyl (C=O) groups is 2. The minimum atomic E-state index is -4.78. The van der Waals surface area contributed by atoms with E-state index in [1.54, 1.807) is 24.3 Å². The van der Waals surface area contributed by atoms with E-state index in [1.165, 1.54) is 12.1 Å². The molecule has 9 heteroatoms. The lowest BCUT2D eigenvalue weighted by Crippen LogP contribution is -2.32. The molecule has 2 N–H and O–H groups in total. The second-order valence-electron chi connectivity index (χ2n) is 6.03. The second kappa shape index (κ2) is 10.4. The fourth-order valence-corrected chi connectivity index (χ4v) is 2.24. The molecular weight excluding hydrogens is 389 g/mol. The van der Waals surface area contributed by atoms with Gasteiger partial charge in [0.25, 0.3) is 5.91 Å². The third-order valence-electron chi connectivity index (χ3n) is 3.66. The Hall–Kier alpha value is -3.23. The van der Waals surface area contributed by atoms with Crippen LogP contribution >= 0.6 is 0 Å². The Balaban J connectivity index is 1.79. The molecule has 0 radical (unpaired) electrons. The van der Waals surface area contributed by atoms with E-state index in [1.807, 2.05) is 0 Å². The maximum absolute atomic E-state index is 12.1. The van der Waals surface area contributed by atoms with Crippen molar-refractivity contribution in [1.29, 1.82) is 0 Å². The van der Waals surface area contributed by atoms with Gasteiger partial charge < -0.3 is 20.1 Å². The minimum Gasteiger partial charge on any atom is -0.494 e. The molecule has 2 amide bonds. The first kappa shape index (κ1) is 22.1. The molecule has 0 spiro atoms. The largest absolute Gasteiger partial charge is 0.573 e. The molecule has 156 valence electrons. The average molecular weight is 410 g/mol. The first-order chi connectivity index (χ1) is 13.8. The summed E-state index contributed by atoms with van der Waals surface area (Å²) in [6.07, 6.45) is -2.82. The van der Waals surface area contributed by atoms with Gasteiger partial charge in [-0.05, 0) is 55.0 Å². The average Bonchev–Trinajstić information content (AvgIpc) is 2.67. The van der Waals surface area contributed by atoms with Crippen molar-refractivity contribution in [3.63, 3.8) is 0 Å². The number of rotatable bonds is 9. The number of halogens is 3. The quantitative estimate of drug-likeness (QED) is 0.610. The number of benzene rings is 2. The molecule has 0 saturated heterocycles. The Labute approximate surface area is 166 Å². The summed E-state index contributed by atoms with van der Waals surface area (Å²) in [5, 5.41) is 4.93. The van der Waals surface area contributed by atoms with Crippen LogP contribution in [0, 0.1) is 0 Å². The Morgan fingerprint density at radius 1 is 0.966 bits per heavy atom. The lowest BCUT2D eigenvalue weighted by atomic mass is 10.2. The molecule has 0 bridgehead atoms. The molecule has 0 unspecified atom stereocenters. The van der Waals surface area contributed by atoms with Crippen LogP contribution in [-0.2, 0) is 4.79 Å². The van der Waals surface area contributed by atoms with E-state index in [-0.39, 0.29) is 12.2 Å². The van der Waals surface area contributed by atoms with E-state index in [0.717, 1.165) is 25.0 Å². The Morgan fingerprint density at radius 3 is 2.17 bits per heavy atom. The van der Waals surface area contributed by atoms with Crippen LogP contribution in [-0.4, -0.2) is 31.3 Å². The van der Waals surface area contributed by atoms with Crippen LogP contribution in [0.5, 0.6) is 11.5 Å². The smallest absolute Gasteiger partial charge is 0.494 e. The molecule has 0 atom stereocenters. The molecule has 0 aliphatic carbocycles. The molecule has 0 fully saturated rings. The predicted molar refractivity (Wildman–Crippen MR) is 101 cm³/mol. The van der Waals surface area contributed by atoms with Crippen LogP contribution in [0.4, 0.5) is 18.9 Å². The van der Waals surface area contributed by atoms with Crippen LogP contribution in [0.15, 0.2) is 48.5 Å². The maximum atomic E-state index is 12.1. The van der Waals surface area contributed by atoms with Crippen LogP contribution in [0.2, 0.25) is 0 Å². The molecule has 0 aliphatic rings. The zero-order valence-electron chi connectivity index (χ0n) is 15.7. The fourth-order valence-electron chi connectivity index (χ4n) is 2.24. The number of hydrogen-bond donors (Lipinski definition) is 2. The van der Waals surface area contributed by atoms with E-state index in [0.29, 0.717) is 17.9 Å².